The topological polar surface area (TPSA) is 49.4 Å². The maximum Gasteiger partial charge on any atom is 0.242 e. The molecule has 0 spiro atoms. The highest BCUT2D eigenvalue weighted by atomic mass is 35.5. The molecule has 0 heterocycles. The van der Waals surface area contributed by atoms with Crippen LogP contribution in [0.4, 0.5) is 0 Å². The van der Waals surface area contributed by atoms with Gasteiger partial charge >= 0.3 is 0 Å². The third kappa shape index (κ3) is 8.04. The van der Waals surface area contributed by atoms with Gasteiger partial charge in [0.15, 0.2) is 0 Å². The van der Waals surface area contributed by atoms with Crippen LogP contribution in [0.2, 0.25) is 10.0 Å². The van der Waals surface area contributed by atoms with Gasteiger partial charge in [-0.1, -0.05) is 81.2 Å². The van der Waals surface area contributed by atoms with E-state index in [9.17, 15) is 9.59 Å². The molecule has 6 heteroatoms. The Labute approximate surface area is 208 Å². The average Bonchev–Trinajstić information content (AvgIpc) is 2.76. The highest BCUT2D eigenvalue weighted by molar-refractivity contribution is 6.35. The van der Waals surface area contributed by atoms with Crippen LogP contribution in [0.25, 0.3) is 0 Å². The SMILES string of the molecule is CCC(C)NC(=O)C(C)N(Cc1ccc(Cl)cc1Cl)C(=O)CCc1ccc(C(C)(C)C)cc1. The molecule has 0 saturated heterocycles. The van der Waals surface area contributed by atoms with Crippen LogP contribution in [0, 0.1) is 0 Å². The molecule has 0 aromatic heterocycles. The van der Waals surface area contributed by atoms with Gasteiger partial charge in [-0.3, -0.25) is 9.59 Å². The first-order chi connectivity index (χ1) is 15.4. The molecule has 1 N–H and O–H groups in total. The Kier molecular flexibility index (Phi) is 9.81. The second kappa shape index (κ2) is 11.9. The molecule has 0 aliphatic rings. The quantitative estimate of drug-likeness (QED) is 0.432. The minimum Gasteiger partial charge on any atom is -0.352 e. The van der Waals surface area contributed by atoms with Crippen molar-refractivity contribution in [2.45, 2.75) is 84.8 Å². The molecule has 0 saturated carbocycles. The summed E-state index contributed by atoms with van der Waals surface area (Å²) >= 11 is 12.4. The van der Waals surface area contributed by atoms with Crippen molar-refractivity contribution in [3.63, 3.8) is 0 Å². The molecule has 2 aromatic carbocycles. The fourth-order valence-corrected chi connectivity index (χ4v) is 3.92. The zero-order valence-electron chi connectivity index (χ0n) is 20.5. The number of nitrogens with zero attached hydrogens (tertiary/aromatic N) is 1. The lowest BCUT2D eigenvalue weighted by atomic mass is 9.86. The molecule has 0 aliphatic heterocycles. The second-order valence-electron chi connectivity index (χ2n) is 9.70. The van der Waals surface area contributed by atoms with E-state index in [4.69, 9.17) is 23.2 Å². The molecule has 2 amide bonds. The number of rotatable bonds is 9. The van der Waals surface area contributed by atoms with Crippen LogP contribution in [0.5, 0.6) is 0 Å². The summed E-state index contributed by atoms with van der Waals surface area (Å²) in [4.78, 5) is 27.7. The molecular weight excluding hydrogens is 455 g/mol. The van der Waals surface area contributed by atoms with E-state index in [0.29, 0.717) is 22.9 Å². The van der Waals surface area contributed by atoms with Gasteiger partial charge < -0.3 is 10.2 Å². The number of carbonyl (C=O) groups excluding carboxylic acids is 2. The monoisotopic (exact) mass is 490 g/mol. The number of carbonyl (C=O) groups is 2. The van der Waals surface area contributed by atoms with Gasteiger partial charge in [0, 0.05) is 29.1 Å². The lowest BCUT2D eigenvalue weighted by molar-refractivity contribution is -0.140. The van der Waals surface area contributed by atoms with Crippen LogP contribution >= 0.6 is 23.2 Å². The number of hydrogen-bond donors (Lipinski definition) is 1. The molecule has 0 aliphatic carbocycles. The molecule has 2 unspecified atom stereocenters. The summed E-state index contributed by atoms with van der Waals surface area (Å²) in [7, 11) is 0. The number of halogens is 2. The second-order valence-corrected chi connectivity index (χ2v) is 10.5. The molecule has 33 heavy (non-hydrogen) atoms. The van der Waals surface area contributed by atoms with Gasteiger partial charge in [0.1, 0.15) is 6.04 Å². The van der Waals surface area contributed by atoms with E-state index >= 15 is 0 Å². The molecule has 0 fully saturated rings. The van der Waals surface area contributed by atoms with Crippen molar-refractivity contribution < 1.29 is 9.59 Å². The van der Waals surface area contributed by atoms with Crippen LogP contribution in [0.1, 0.15) is 71.1 Å². The van der Waals surface area contributed by atoms with E-state index in [1.807, 2.05) is 13.8 Å². The van der Waals surface area contributed by atoms with Gasteiger partial charge in [0.2, 0.25) is 11.8 Å². The van der Waals surface area contributed by atoms with Gasteiger partial charge in [-0.05, 0) is 60.9 Å². The summed E-state index contributed by atoms with van der Waals surface area (Å²) < 4.78 is 0. The molecular formula is C27H36Cl2N2O2. The largest absolute Gasteiger partial charge is 0.352 e. The Bertz CT molecular complexity index is 952. The summed E-state index contributed by atoms with van der Waals surface area (Å²) in [5.41, 5.74) is 3.19. The molecule has 2 atom stereocenters. The van der Waals surface area contributed by atoms with E-state index in [2.05, 4.69) is 50.4 Å². The lowest BCUT2D eigenvalue weighted by Crippen LogP contribution is -2.49. The maximum absolute atomic E-state index is 13.3. The van der Waals surface area contributed by atoms with E-state index < -0.39 is 6.04 Å². The Morgan fingerprint density at radius 2 is 1.67 bits per heavy atom. The smallest absolute Gasteiger partial charge is 0.242 e. The minimum absolute atomic E-state index is 0.0392. The number of amides is 2. The fraction of sp³-hybridized carbons (Fsp3) is 0.481. The van der Waals surface area contributed by atoms with Crippen molar-refractivity contribution in [1.29, 1.82) is 0 Å². The number of benzene rings is 2. The Morgan fingerprint density at radius 3 is 2.21 bits per heavy atom. The standard InChI is InChI=1S/C27H36Cl2N2O2/c1-7-18(2)30-26(33)19(3)31(17-21-11-14-23(28)16-24(21)29)25(32)15-10-20-8-12-22(13-9-20)27(4,5)6/h8-9,11-14,16,18-19H,7,10,15,17H2,1-6H3,(H,30,33). The molecule has 2 aromatic rings. The molecule has 0 bridgehead atoms. The van der Waals surface area contributed by atoms with Crippen LogP contribution in [0.15, 0.2) is 42.5 Å². The van der Waals surface area contributed by atoms with Crippen molar-refractivity contribution in [3.05, 3.63) is 69.2 Å². The van der Waals surface area contributed by atoms with Crippen molar-refractivity contribution in [2.24, 2.45) is 0 Å². The van der Waals surface area contributed by atoms with Gasteiger partial charge in [-0.15, -0.1) is 0 Å². The highest BCUT2D eigenvalue weighted by Gasteiger charge is 2.27. The maximum atomic E-state index is 13.3. The normalized spacial score (nSPS) is 13.3. The summed E-state index contributed by atoms with van der Waals surface area (Å²) in [6.45, 7) is 12.5. The van der Waals surface area contributed by atoms with E-state index in [1.54, 1.807) is 30.0 Å². The van der Waals surface area contributed by atoms with Crippen LogP contribution in [-0.4, -0.2) is 28.8 Å². The first kappa shape index (κ1) is 27.2. The third-order valence-electron chi connectivity index (χ3n) is 5.97. The van der Waals surface area contributed by atoms with Crippen LogP contribution in [-0.2, 0) is 28.0 Å². The first-order valence-corrected chi connectivity index (χ1v) is 12.3. The van der Waals surface area contributed by atoms with Crippen molar-refractivity contribution in [1.82, 2.24) is 10.2 Å². The highest BCUT2D eigenvalue weighted by Crippen LogP contribution is 2.25. The van der Waals surface area contributed by atoms with Crippen molar-refractivity contribution >= 4 is 35.0 Å². The molecule has 180 valence electrons. The van der Waals surface area contributed by atoms with Gasteiger partial charge in [-0.25, -0.2) is 0 Å². The van der Waals surface area contributed by atoms with Crippen molar-refractivity contribution in [2.75, 3.05) is 0 Å². The van der Waals surface area contributed by atoms with E-state index in [0.717, 1.165) is 17.5 Å². The van der Waals surface area contributed by atoms with Crippen molar-refractivity contribution in [3.8, 4) is 0 Å². The van der Waals surface area contributed by atoms with Gasteiger partial charge in [0.05, 0.1) is 0 Å². The van der Waals surface area contributed by atoms with Crippen LogP contribution < -0.4 is 5.32 Å². The summed E-state index contributed by atoms with van der Waals surface area (Å²) in [5, 5.41) is 3.99. The van der Waals surface area contributed by atoms with Gasteiger partial charge in [-0.2, -0.15) is 0 Å². The minimum atomic E-state index is -0.624. The molecule has 4 nitrogen and oxygen atoms in total. The Balaban J connectivity index is 2.18. The number of hydrogen-bond acceptors (Lipinski definition) is 2. The number of nitrogens with one attached hydrogen (secondary N) is 1. The summed E-state index contributed by atoms with van der Waals surface area (Å²) in [6, 6.07) is 13.0. The number of aryl methyl sites for hydroxylation is 1. The zero-order chi connectivity index (χ0) is 24.8. The third-order valence-corrected chi connectivity index (χ3v) is 6.56. The lowest BCUT2D eigenvalue weighted by Gasteiger charge is -2.30. The molecule has 0 radical (unpaired) electrons. The zero-order valence-corrected chi connectivity index (χ0v) is 22.1. The fourth-order valence-electron chi connectivity index (χ4n) is 3.45. The summed E-state index contributed by atoms with van der Waals surface area (Å²) in [5.74, 6) is -0.259. The summed E-state index contributed by atoms with van der Waals surface area (Å²) in [6.07, 6.45) is 1.73. The molecule has 2 rings (SSSR count). The van der Waals surface area contributed by atoms with E-state index in [-0.39, 0.29) is 29.8 Å². The Hall–Kier alpha value is -2.04. The average molecular weight is 492 g/mol. The first-order valence-electron chi connectivity index (χ1n) is 11.6. The Morgan fingerprint density at radius 1 is 1.03 bits per heavy atom. The predicted molar refractivity (Wildman–Crippen MR) is 138 cm³/mol. The van der Waals surface area contributed by atoms with E-state index in [1.165, 1.54) is 5.56 Å². The van der Waals surface area contributed by atoms with Crippen LogP contribution in [0.3, 0.4) is 0 Å². The predicted octanol–water partition coefficient (Wildman–Crippen LogP) is 6.56. The van der Waals surface area contributed by atoms with Gasteiger partial charge in [0.25, 0.3) is 0 Å².